The third-order valence-electron chi connectivity index (χ3n) is 3.64. The van der Waals surface area contributed by atoms with E-state index in [4.69, 9.17) is 11.6 Å². The maximum atomic E-state index is 13.3. The van der Waals surface area contributed by atoms with E-state index in [9.17, 15) is 17.6 Å². The number of aromatic amines is 1. The Morgan fingerprint density at radius 1 is 1.24 bits per heavy atom. The van der Waals surface area contributed by atoms with E-state index in [1.807, 2.05) is 0 Å². The zero-order valence-electron chi connectivity index (χ0n) is 12.9. The van der Waals surface area contributed by atoms with Gasteiger partial charge in [-0.25, -0.2) is 12.8 Å². The van der Waals surface area contributed by atoms with Gasteiger partial charge in [-0.05, 0) is 45.8 Å². The lowest BCUT2D eigenvalue weighted by Crippen LogP contribution is -2.15. The molecule has 0 aliphatic rings. The van der Waals surface area contributed by atoms with Gasteiger partial charge in [0.15, 0.2) is 15.6 Å². The summed E-state index contributed by atoms with van der Waals surface area (Å²) in [4.78, 5) is 15.5. The molecule has 0 amide bonds. The van der Waals surface area contributed by atoms with Crippen molar-refractivity contribution in [3.05, 3.63) is 57.4 Å². The smallest absolute Gasteiger partial charge is 0.194 e. The minimum atomic E-state index is -3.50. The number of H-pyrrole nitrogens is 1. The summed E-state index contributed by atoms with van der Waals surface area (Å²) in [5.41, 5.74) is 1.86. The second kappa shape index (κ2) is 6.55. The molecule has 3 aromatic rings. The van der Waals surface area contributed by atoms with Crippen LogP contribution in [0.25, 0.3) is 22.0 Å². The van der Waals surface area contributed by atoms with Gasteiger partial charge in [-0.2, -0.15) is 0 Å². The van der Waals surface area contributed by atoms with Crippen LogP contribution in [0.1, 0.15) is 10.5 Å². The van der Waals surface area contributed by atoms with Crippen molar-refractivity contribution < 1.29 is 17.6 Å². The predicted octanol–water partition coefficient (Wildman–Crippen LogP) is 4.62. The van der Waals surface area contributed by atoms with E-state index in [0.717, 1.165) is 6.26 Å². The van der Waals surface area contributed by atoms with E-state index in [1.165, 1.54) is 24.3 Å². The summed E-state index contributed by atoms with van der Waals surface area (Å²) < 4.78 is 36.9. The van der Waals surface area contributed by atoms with Crippen LogP contribution in [0.4, 0.5) is 4.39 Å². The monoisotopic (exact) mass is 443 g/mol. The van der Waals surface area contributed by atoms with Crippen LogP contribution in [0.2, 0.25) is 5.02 Å². The summed E-state index contributed by atoms with van der Waals surface area (Å²) >= 11 is 9.49. The molecule has 130 valence electrons. The Bertz CT molecular complexity index is 1090. The highest BCUT2D eigenvalue weighted by atomic mass is 79.9. The van der Waals surface area contributed by atoms with E-state index < -0.39 is 27.2 Å². The fourth-order valence-corrected chi connectivity index (χ4v) is 3.75. The molecule has 8 heteroatoms. The van der Waals surface area contributed by atoms with Gasteiger partial charge in [-0.1, -0.05) is 23.7 Å². The van der Waals surface area contributed by atoms with E-state index in [2.05, 4.69) is 20.9 Å². The number of sulfone groups is 1. The third kappa shape index (κ3) is 3.78. The number of carbonyl (C=O) groups is 1. The molecule has 3 rings (SSSR count). The van der Waals surface area contributed by atoms with Crippen LogP contribution in [0.3, 0.4) is 0 Å². The SMILES string of the molecule is CS(=O)(=O)CC(=O)c1[nH]c2cc(Br)c(Cl)cc2c1-c1ccc(F)cc1. The van der Waals surface area contributed by atoms with Crippen molar-refractivity contribution >= 4 is 54.1 Å². The Kier molecular flexibility index (Phi) is 4.74. The first-order valence-corrected chi connectivity index (χ1v) is 10.4. The highest BCUT2D eigenvalue weighted by Gasteiger charge is 2.23. The molecule has 0 aliphatic heterocycles. The first kappa shape index (κ1) is 18.1. The molecule has 0 aliphatic carbocycles. The maximum absolute atomic E-state index is 13.3. The first-order valence-electron chi connectivity index (χ1n) is 7.13. The topological polar surface area (TPSA) is 67.0 Å². The highest BCUT2D eigenvalue weighted by Crippen LogP contribution is 2.37. The summed E-state index contributed by atoms with van der Waals surface area (Å²) in [6.45, 7) is 0. The van der Waals surface area contributed by atoms with Gasteiger partial charge in [0.1, 0.15) is 11.6 Å². The lowest BCUT2D eigenvalue weighted by Gasteiger charge is -2.05. The number of aromatic nitrogens is 1. The number of halogens is 3. The molecular weight excluding hydrogens is 433 g/mol. The van der Waals surface area contributed by atoms with Gasteiger partial charge < -0.3 is 4.98 Å². The molecule has 0 saturated carbocycles. The van der Waals surface area contributed by atoms with Crippen LogP contribution in [0.5, 0.6) is 0 Å². The third-order valence-corrected chi connectivity index (χ3v) is 5.63. The highest BCUT2D eigenvalue weighted by molar-refractivity contribution is 9.10. The molecule has 0 fully saturated rings. The fraction of sp³-hybridized carbons (Fsp3) is 0.118. The number of rotatable bonds is 4. The largest absolute Gasteiger partial charge is 0.352 e. The number of ketones is 1. The van der Waals surface area contributed by atoms with Crippen molar-refractivity contribution in [2.75, 3.05) is 12.0 Å². The van der Waals surface area contributed by atoms with Crippen molar-refractivity contribution in [3.63, 3.8) is 0 Å². The van der Waals surface area contributed by atoms with E-state index in [0.29, 0.717) is 31.5 Å². The van der Waals surface area contributed by atoms with Gasteiger partial charge in [-0.15, -0.1) is 0 Å². The van der Waals surface area contributed by atoms with Gasteiger partial charge in [0, 0.05) is 27.2 Å². The lowest BCUT2D eigenvalue weighted by molar-refractivity contribution is 0.101. The predicted molar refractivity (Wildman–Crippen MR) is 100 cm³/mol. The molecule has 0 spiro atoms. The van der Waals surface area contributed by atoms with Gasteiger partial charge >= 0.3 is 0 Å². The number of carbonyl (C=O) groups excluding carboxylic acids is 1. The Balaban J connectivity index is 2.29. The van der Waals surface area contributed by atoms with E-state index >= 15 is 0 Å². The average molecular weight is 445 g/mol. The summed E-state index contributed by atoms with van der Waals surface area (Å²) in [5.74, 6) is -1.60. The van der Waals surface area contributed by atoms with Gasteiger partial charge in [0.25, 0.3) is 0 Å². The molecule has 1 heterocycles. The van der Waals surface area contributed by atoms with Crippen LogP contribution < -0.4 is 0 Å². The molecule has 1 aromatic heterocycles. The first-order chi connectivity index (χ1) is 11.7. The standard InChI is InChI=1S/C17H12BrClFNO3S/c1-25(23,24)8-15(22)17-16(9-2-4-10(20)5-3-9)11-6-13(19)12(18)7-14(11)21-17/h2-7,21H,8H2,1H3. The maximum Gasteiger partial charge on any atom is 0.194 e. The Hall–Kier alpha value is -1.70. The number of fused-ring (bicyclic) bond motifs is 1. The van der Waals surface area contributed by atoms with Crippen molar-refractivity contribution in [3.8, 4) is 11.1 Å². The van der Waals surface area contributed by atoms with Crippen LogP contribution in [0, 0.1) is 5.82 Å². The summed E-state index contributed by atoms with van der Waals surface area (Å²) in [6.07, 6.45) is 0.999. The van der Waals surface area contributed by atoms with Crippen molar-refractivity contribution in [1.82, 2.24) is 4.98 Å². The molecule has 4 nitrogen and oxygen atoms in total. The number of benzene rings is 2. The van der Waals surface area contributed by atoms with E-state index in [-0.39, 0.29) is 5.69 Å². The molecule has 1 N–H and O–H groups in total. The normalized spacial score (nSPS) is 11.8. The molecular formula is C17H12BrClFNO3S. The van der Waals surface area contributed by atoms with Crippen LogP contribution in [-0.2, 0) is 9.84 Å². The van der Waals surface area contributed by atoms with Gasteiger partial charge in [0.05, 0.1) is 10.7 Å². The van der Waals surface area contributed by atoms with Crippen LogP contribution in [0.15, 0.2) is 40.9 Å². The fourth-order valence-electron chi connectivity index (χ4n) is 2.62. The minimum absolute atomic E-state index is 0.154. The zero-order chi connectivity index (χ0) is 18.4. The van der Waals surface area contributed by atoms with Gasteiger partial charge in [0.2, 0.25) is 0 Å². The second-order valence-corrected chi connectivity index (χ2v) is 9.09. The molecule has 0 saturated heterocycles. The zero-order valence-corrected chi connectivity index (χ0v) is 16.1. The van der Waals surface area contributed by atoms with Gasteiger partial charge in [-0.3, -0.25) is 4.79 Å². The summed E-state index contributed by atoms with van der Waals surface area (Å²) in [7, 11) is -3.50. The molecule has 2 aromatic carbocycles. The number of hydrogen-bond acceptors (Lipinski definition) is 3. The van der Waals surface area contributed by atoms with Crippen molar-refractivity contribution in [2.45, 2.75) is 0 Å². The quantitative estimate of drug-likeness (QED) is 0.597. The van der Waals surface area contributed by atoms with E-state index in [1.54, 1.807) is 12.1 Å². The number of Topliss-reactive ketones (excluding diaryl/α,β-unsaturated/α-hetero) is 1. The van der Waals surface area contributed by atoms with Crippen molar-refractivity contribution in [1.29, 1.82) is 0 Å². The molecule has 0 unspecified atom stereocenters. The summed E-state index contributed by atoms with van der Waals surface area (Å²) in [6, 6.07) is 9.00. The number of hydrogen-bond donors (Lipinski definition) is 1. The van der Waals surface area contributed by atoms with Crippen LogP contribution >= 0.6 is 27.5 Å². The summed E-state index contributed by atoms with van der Waals surface area (Å²) in [5, 5.41) is 1.09. The molecule has 0 radical (unpaired) electrons. The van der Waals surface area contributed by atoms with Crippen LogP contribution in [-0.4, -0.2) is 31.2 Å². The molecule has 0 atom stereocenters. The number of nitrogens with one attached hydrogen (secondary N) is 1. The molecule has 25 heavy (non-hydrogen) atoms. The Morgan fingerprint density at radius 2 is 1.88 bits per heavy atom. The average Bonchev–Trinajstić information content (AvgIpc) is 2.85. The Labute approximate surface area is 157 Å². The Morgan fingerprint density at radius 3 is 2.48 bits per heavy atom. The molecule has 0 bridgehead atoms. The van der Waals surface area contributed by atoms with Crippen molar-refractivity contribution in [2.24, 2.45) is 0 Å². The lowest BCUT2D eigenvalue weighted by atomic mass is 10.0. The second-order valence-electron chi connectivity index (χ2n) is 5.69. The minimum Gasteiger partial charge on any atom is -0.352 e.